The zero-order valence-corrected chi connectivity index (χ0v) is 11.8. The summed E-state index contributed by atoms with van der Waals surface area (Å²) in [5.41, 5.74) is 1.66. The molecule has 0 aliphatic heterocycles. The third-order valence-electron chi connectivity index (χ3n) is 2.42. The largest absolute Gasteiger partial charge is 0.384 e. The Balaban J connectivity index is 2.58. The molecule has 1 aromatic carbocycles. The van der Waals surface area contributed by atoms with Crippen LogP contribution in [0.4, 0.5) is 10.1 Å². The lowest BCUT2D eigenvalue weighted by atomic mass is 10.2. The smallest absolute Gasteiger partial charge is 0.223 e. The number of hydrogen-bond acceptors (Lipinski definition) is 2. The molecule has 0 saturated heterocycles. The minimum Gasteiger partial charge on any atom is -0.384 e. The average Bonchev–Trinajstić information content (AvgIpc) is 2.25. The summed E-state index contributed by atoms with van der Waals surface area (Å²) in [5, 5.41) is 3.12. The molecule has 0 unspecified atom stereocenters. The van der Waals surface area contributed by atoms with Gasteiger partial charge in [0.05, 0.1) is 4.47 Å². The predicted octanol–water partition coefficient (Wildman–Crippen LogP) is 2.79. The number of benzene rings is 1. The van der Waals surface area contributed by atoms with Crippen LogP contribution < -0.4 is 5.32 Å². The highest BCUT2D eigenvalue weighted by Crippen LogP contribution is 2.24. The van der Waals surface area contributed by atoms with Crippen molar-refractivity contribution in [1.29, 1.82) is 0 Å². The maximum Gasteiger partial charge on any atom is 0.223 e. The average molecular weight is 303 g/mol. The fourth-order valence-corrected chi connectivity index (χ4v) is 1.71. The van der Waals surface area contributed by atoms with Crippen molar-refractivity contribution in [3.05, 3.63) is 28.0 Å². The standard InChI is InChI=1S/C12H16BrFN2O/c1-8-6-10(14)9(13)7-11(8)15-5-4-12(17)16(2)3/h6-7,15H,4-5H2,1-3H3. The van der Waals surface area contributed by atoms with Gasteiger partial charge in [0, 0.05) is 32.7 Å². The Labute approximate surface area is 109 Å². The summed E-state index contributed by atoms with van der Waals surface area (Å²) in [5.74, 6) is -0.214. The van der Waals surface area contributed by atoms with Crippen molar-refractivity contribution in [2.45, 2.75) is 13.3 Å². The number of carbonyl (C=O) groups is 1. The quantitative estimate of drug-likeness (QED) is 0.927. The van der Waals surface area contributed by atoms with Crippen molar-refractivity contribution in [1.82, 2.24) is 4.90 Å². The Hall–Kier alpha value is -1.10. The lowest BCUT2D eigenvalue weighted by molar-refractivity contribution is -0.128. The first-order chi connectivity index (χ1) is 7.91. The second kappa shape index (κ2) is 6.00. The lowest BCUT2D eigenvalue weighted by Crippen LogP contribution is -2.24. The molecule has 0 aliphatic rings. The number of halogens is 2. The van der Waals surface area contributed by atoms with Crippen LogP contribution in [0.5, 0.6) is 0 Å². The van der Waals surface area contributed by atoms with Crippen molar-refractivity contribution in [2.75, 3.05) is 26.0 Å². The van der Waals surface area contributed by atoms with E-state index in [9.17, 15) is 9.18 Å². The molecule has 0 bridgehead atoms. The molecule has 3 nitrogen and oxygen atoms in total. The Morgan fingerprint density at radius 1 is 1.47 bits per heavy atom. The van der Waals surface area contributed by atoms with Crippen LogP contribution in [0, 0.1) is 12.7 Å². The summed E-state index contributed by atoms with van der Waals surface area (Å²) < 4.78 is 13.6. The van der Waals surface area contributed by atoms with Crippen molar-refractivity contribution < 1.29 is 9.18 Å². The second-order valence-corrected chi connectivity index (χ2v) is 4.90. The van der Waals surface area contributed by atoms with Gasteiger partial charge in [0.15, 0.2) is 0 Å². The molecule has 0 aromatic heterocycles. The van der Waals surface area contributed by atoms with E-state index in [1.54, 1.807) is 25.1 Å². The molecular weight excluding hydrogens is 287 g/mol. The summed E-state index contributed by atoms with van der Waals surface area (Å²) in [6, 6.07) is 3.14. The monoisotopic (exact) mass is 302 g/mol. The van der Waals surface area contributed by atoms with Crippen LogP contribution in [0.2, 0.25) is 0 Å². The maximum absolute atomic E-state index is 13.2. The van der Waals surface area contributed by atoms with Crippen LogP contribution in [0.15, 0.2) is 16.6 Å². The number of rotatable bonds is 4. The molecule has 1 aromatic rings. The van der Waals surface area contributed by atoms with Gasteiger partial charge >= 0.3 is 0 Å². The summed E-state index contributed by atoms with van der Waals surface area (Å²) in [4.78, 5) is 12.9. The van der Waals surface area contributed by atoms with Gasteiger partial charge < -0.3 is 10.2 Å². The Kier molecular flexibility index (Phi) is 4.93. The number of hydrogen-bond donors (Lipinski definition) is 1. The normalized spacial score (nSPS) is 10.2. The van der Waals surface area contributed by atoms with E-state index in [2.05, 4.69) is 21.2 Å². The van der Waals surface area contributed by atoms with Crippen LogP contribution in [0.3, 0.4) is 0 Å². The second-order valence-electron chi connectivity index (χ2n) is 4.05. The van der Waals surface area contributed by atoms with Gasteiger partial charge in [0.2, 0.25) is 5.91 Å². The van der Waals surface area contributed by atoms with Crippen molar-refractivity contribution in [2.24, 2.45) is 0 Å². The van der Waals surface area contributed by atoms with Crippen molar-refractivity contribution in [3.63, 3.8) is 0 Å². The molecule has 1 N–H and O–H groups in total. The topological polar surface area (TPSA) is 32.3 Å². The molecule has 94 valence electrons. The van der Waals surface area contributed by atoms with Gasteiger partial charge in [-0.25, -0.2) is 4.39 Å². The molecule has 0 fully saturated rings. The van der Waals surface area contributed by atoms with Gasteiger partial charge in [0.1, 0.15) is 5.82 Å². The zero-order valence-electron chi connectivity index (χ0n) is 10.2. The Bertz CT molecular complexity index is 421. The van der Waals surface area contributed by atoms with E-state index >= 15 is 0 Å². The molecule has 1 amide bonds. The number of amides is 1. The molecule has 0 heterocycles. The van der Waals surface area contributed by atoms with Crippen LogP contribution in [-0.4, -0.2) is 31.4 Å². The van der Waals surface area contributed by atoms with E-state index in [0.717, 1.165) is 11.3 Å². The molecule has 5 heteroatoms. The van der Waals surface area contributed by atoms with Crippen LogP contribution in [0.1, 0.15) is 12.0 Å². The molecular formula is C12H16BrFN2O. The number of aryl methyl sites for hydroxylation is 1. The molecule has 0 saturated carbocycles. The highest BCUT2D eigenvalue weighted by Gasteiger charge is 2.06. The van der Waals surface area contributed by atoms with Crippen LogP contribution in [0.25, 0.3) is 0 Å². The number of nitrogens with one attached hydrogen (secondary N) is 1. The molecule has 0 radical (unpaired) electrons. The first kappa shape index (κ1) is 14.0. The van der Waals surface area contributed by atoms with Crippen LogP contribution in [-0.2, 0) is 4.79 Å². The van der Waals surface area contributed by atoms with Gasteiger partial charge in [-0.15, -0.1) is 0 Å². The van der Waals surface area contributed by atoms with E-state index in [1.165, 1.54) is 6.07 Å². The lowest BCUT2D eigenvalue weighted by Gasteiger charge is -2.13. The number of nitrogens with zero attached hydrogens (tertiary/aromatic N) is 1. The van der Waals surface area contributed by atoms with E-state index in [4.69, 9.17) is 0 Å². The van der Waals surface area contributed by atoms with E-state index in [0.29, 0.717) is 17.4 Å². The fraction of sp³-hybridized carbons (Fsp3) is 0.417. The summed E-state index contributed by atoms with van der Waals surface area (Å²) in [7, 11) is 3.45. The molecule has 0 atom stereocenters. The van der Waals surface area contributed by atoms with Gasteiger partial charge in [-0.2, -0.15) is 0 Å². The maximum atomic E-state index is 13.2. The first-order valence-corrected chi connectivity index (χ1v) is 6.10. The van der Waals surface area contributed by atoms with E-state index in [1.807, 2.05) is 6.92 Å². The summed E-state index contributed by atoms with van der Waals surface area (Å²) in [6.45, 7) is 2.36. The van der Waals surface area contributed by atoms with E-state index < -0.39 is 0 Å². The minimum absolute atomic E-state index is 0.0660. The minimum atomic E-state index is -0.280. The predicted molar refractivity (Wildman–Crippen MR) is 70.6 cm³/mol. The third-order valence-corrected chi connectivity index (χ3v) is 3.03. The summed E-state index contributed by atoms with van der Waals surface area (Å²) >= 11 is 3.13. The number of carbonyl (C=O) groups excluding carboxylic acids is 1. The van der Waals surface area contributed by atoms with Crippen molar-refractivity contribution in [3.8, 4) is 0 Å². The molecule has 0 aliphatic carbocycles. The fourth-order valence-electron chi connectivity index (χ4n) is 1.36. The highest BCUT2D eigenvalue weighted by molar-refractivity contribution is 9.10. The molecule has 1 rings (SSSR count). The van der Waals surface area contributed by atoms with E-state index in [-0.39, 0.29) is 11.7 Å². The van der Waals surface area contributed by atoms with Crippen LogP contribution >= 0.6 is 15.9 Å². The van der Waals surface area contributed by atoms with Gasteiger partial charge in [-0.3, -0.25) is 4.79 Å². The molecule has 17 heavy (non-hydrogen) atoms. The van der Waals surface area contributed by atoms with Gasteiger partial charge in [-0.05, 0) is 40.5 Å². The SMILES string of the molecule is Cc1cc(F)c(Br)cc1NCCC(=O)N(C)C. The summed E-state index contributed by atoms with van der Waals surface area (Å²) in [6.07, 6.45) is 0.418. The van der Waals surface area contributed by atoms with Gasteiger partial charge in [0.25, 0.3) is 0 Å². The zero-order chi connectivity index (χ0) is 13.0. The number of anilines is 1. The van der Waals surface area contributed by atoms with Crippen molar-refractivity contribution >= 4 is 27.5 Å². The Morgan fingerprint density at radius 3 is 2.71 bits per heavy atom. The Morgan fingerprint density at radius 2 is 2.12 bits per heavy atom. The van der Waals surface area contributed by atoms with Gasteiger partial charge in [-0.1, -0.05) is 0 Å². The molecule has 0 spiro atoms. The first-order valence-electron chi connectivity index (χ1n) is 5.31. The highest BCUT2D eigenvalue weighted by atomic mass is 79.9. The third kappa shape index (κ3) is 4.00.